The molecule has 4 heteroatoms. The van der Waals surface area contributed by atoms with E-state index < -0.39 is 0 Å². The second kappa shape index (κ2) is 17.8. The molecule has 3 nitrogen and oxygen atoms in total. The maximum absolute atomic E-state index is 13.0. The zero-order valence-electron chi connectivity index (χ0n) is 23.0. The second-order valence-corrected chi connectivity index (χ2v) is 9.78. The Balaban J connectivity index is 1.13. The van der Waals surface area contributed by atoms with Gasteiger partial charge in [-0.1, -0.05) is 94.4 Å². The number of benzene rings is 3. The summed E-state index contributed by atoms with van der Waals surface area (Å²) in [5, 5.41) is 0. The predicted molar refractivity (Wildman–Crippen MR) is 160 cm³/mol. The van der Waals surface area contributed by atoms with Gasteiger partial charge in [-0.05, 0) is 78.6 Å². The molecule has 3 rings (SSSR count). The molecule has 0 aliphatic heterocycles. The fourth-order valence-corrected chi connectivity index (χ4v) is 4.26. The van der Waals surface area contributed by atoms with Crippen LogP contribution < -0.4 is 9.47 Å². The third-order valence-corrected chi connectivity index (χ3v) is 6.63. The maximum Gasteiger partial charge on any atom is 0.185 e. The standard InChI is InChI=1S/C35H41FO3/c1-2-29-13-22-33(23-14-29)38-27-11-9-7-5-3-4-6-8-10-12-28-39-34-24-15-30(16-25-34)17-26-35(37)31-18-20-32(36)21-19-31/h2,13-26H,1,3-12,27-28H2. The van der Waals surface area contributed by atoms with Crippen molar-refractivity contribution in [2.45, 2.75) is 64.2 Å². The van der Waals surface area contributed by atoms with Crippen LogP contribution in [0.25, 0.3) is 12.2 Å². The Kier molecular flexibility index (Phi) is 13.6. The van der Waals surface area contributed by atoms with Crippen molar-refractivity contribution >= 4 is 17.9 Å². The molecule has 0 heterocycles. The third-order valence-electron chi connectivity index (χ3n) is 6.63. The van der Waals surface area contributed by atoms with E-state index in [1.54, 1.807) is 6.08 Å². The highest BCUT2D eigenvalue weighted by molar-refractivity contribution is 6.06. The number of ether oxygens (including phenoxy) is 2. The normalized spacial score (nSPS) is 11.0. The van der Waals surface area contributed by atoms with Crippen LogP contribution in [-0.4, -0.2) is 19.0 Å². The summed E-state index contributed by atoms with van der Waals surface area (Å²) in [4.78, 5) is 12.2. The van der Waals surface area contributed by atoms with Crippen molar-refractivity contribution in [3.8, 4) is 11.5 Å². The first-order valence-corrected chi connectivity index (χ1v) is 14.2. The van der Waals surface area contributed by atoms with Crippen molar-refractivity contribution in [3.05, 3.63) is 108 Å². The Labute approximate surface area is 233 Å². The highest BCUT2D eigenvalue weighted by Gasteiger charge is 2.02. The van der Waals surface area contributed by atoms with E-state index in [2.05, 4.69) is 6.58 Å². The van der Waals surface area contributed by atoms with E-state index in [9.17, 15) is 9.18 Å². The molecule has 0 bridgehead atoms. The molecule has 0 unspecified atom stereocenters. The smallest absolute Gasteiger partial charge is 0.185 e. The lowest BCUT2D eigenvalue weighted by atomic mass is 10.1. The van der Waals surface area contributed by atoms with Crippen LogP contribution in [0.15, 0.2) is 85.5 Å². The number of rotatable bonds is 19. The van der Waals surface area contributed by atoms with Crippen LogP contribution in [0.2, 0.25) is 0 Å². The fraction of sp³-hybridized carbons (Fsp3) is 0.343. The van der Waals surface area contributed by atoms with Gasteiger partial charge in [0.2, 0.25) is 0 Å². The first kappa shape index (κ1) is 29.9. The average molecular weight is 529 g/mol. The number of carbonyl (C=O) groups is 1. The highest BCUT2D eigenvalue weighted by atomic mass is 19.1. The molecule has 0 aromatic heterocycles. The van der Waals surface area contributed by atoms with Crippen LogP contribution in [0.5, 0.6) is 11.5 Å². The molecular formula is C35H41FO3. The van der Waals surface area contributed by atoms with Gasteiger partial charge in [-0.15, -0.1) is 0 Å². The Bertz CT molecular complexity index is 1130. The zero-order valence-corrected chi connectivity index (χ0v) is 23.0. The maximum atomic E-state index is 13.0. The molecule has 0 aliphatic rings. The van der Waals surface area contributed by atoms with E-state index in [4.69, 9.17) is 9.47 Å². The summed E-state index contributed by atoms with van der Waals surface area (Å²) < 4.78 is 24.6. The summed E-state index contributed by atoms with van der Waals surface area (Å²) in [7, 11) is 0. The molecule has 3 aromatic rings. The lowest BCUT2D eigenvalue weighted by molar-refractivity contribution is 0.104. The van der Waals surface area contributed by atoms with Crippen molar-refractivity contribution in [1.82, 2.24) is 0 Å². The molecule has 0 saturated carbocycles. The Morgan fingerprint density at radius 3 is 1.51 bits per heavy atom. The lowest BCUT2D eigenvalue weighted by Gasteiger charge is -2.07. The Morgan fingerprint density at radius 1 is 0.615 bits per heavy atom. The number of halogens is 1. The molecule has 0 N–H and O–H groups in total. The molecule has 206 valence electrons. The van der Waals surface area contributed by atoms with Gasteiger partial charge in [0.15, 0.2) is 5.78 Å². The van der Waals surface area contributed by atoms with Gasteiger partial charge in [-0.25, -0.2) is 4.39 Å². The van der Waals surface area contributed by atoms with Crippen LogP contribution in [0.3, 0.4) is 0 Å². The topological polar surface area (TPSA) is 35.5 Å². The van der Waals surface area contributed by atoms with E-state index in [0.717, 1.165) is 48.7 Å². The minimum absolute atomic E-state index is 0.150. The second-order valence-electron chi connectivity index (χ2n) is 9.78. The Hall–Kier alpha value is -3.66. The first-order valence-electron chi connectivity index (χ1n) is 14.2. The Morgan fingerprint density at radius 2 is 1.05 bits per heavy atom. The van der Waals surface area contributed by atoms with Crippen LogP contribution in [-0.2, 0) is 0 Å². The van der Waals surface area contributed by atoms with Crippen LogP contribution in [0.4, 0.5) is 4.39 Å². The minimum atomic E-state index is -0.349. The van der Waals surface area contributed by atoms with Gasteiger partial charge < -0.3 is 9.47 Å². The van der Waals surface area contributed by atoms with E-state index in [1.807, 2.05) is 54.6 Å². The van der Waals surface area contributed by atoms with Gasteiger partial charge in [-0.3, -0.25) is 4.79 Å². The SMILES string of the molecule is C=Cc1ccc(OCCCCCCCCCCCCOc2ccc(C=CC(=O)c3ccc(F)cc3)cc2)cc1. The van der Waals surface area contributed by atoms with E-state index in [-0.39, 0.29) is 11.6 Å². The van der Waals surface area contributed by atoms with Crippen LogP contribution >= 0.6 is 0 Å². The minimum Gasteiger partial charge on any atom is -0.494 e. The molecule has 39 heavy (non-hydrogen) atoms. The summed E-state index contributed by atoms with van der Waals surface area (Å²) in [5.41, 5.74) is 2.50. The average Bonchev–Trinajstić information content (AvgIpc) is 2.97. The molecule has 0 fully saturated rings. The van der Waals surface area contributed by atoms with Crippen LogP contribution in [0, 0.1) is 5.82 Å². The molecule has 3 aromatic carbocycles. The molecule has 0 spiro atoms. The first-order chi connectivity index (χ1) is 19.1. The van der Waals surface area contributed by atoms with Crippen molar-refractivity contribution in [3.63, 3.8) is 0 Å². The number of unbranched alkanes of at least 4 members (excludes halogenated alkanes) is 9. The summed E-state index contributed by atoms with van der Waals surface area (Å²) in [6.07, 6.45) is 17.5. The third kappa shape index (κ3) is 12.2. The number of hydrogen-bond donors (Lipinski definition) is 0. The van der Waals surface area contributed by atoms with Crippen molar-refractivity contribution in [1.29, 1.82) is 0 Å². The quantitative estimate of drug-likeness (QED) is 0.0882. The van der Waals surface area contributed by atoms with Crippen molar-refractivity contribution in [2.75, 3.05) is 13.2 Å². The summed E-state index contributed by atoms with van der Waals surface area (Å²) in [6, 6.07) is 21.3. The lowest BCUT2D eigenvalue weighted by Crippen LogP contribution is -1.97. The van der Waals surface area contributed by atoms with Crippen LogP contribution in [0.1, 0.15) is 85.7 Å². The van der Waals surface area contributed by atoms with Gasteiger partial charge >= 0.3 is 0 Å². The molecular weight excluding hydrogens is 487 g/mol. The number of hydrogen-bond acceptors (Lipinski definition) is 3. The van der Waals surface area contributed by atoms with E-state index in [0.29, 0.717) is 5.56 Å². The largest absolute Gasteiger partial charge is 0.494 e. The monoisotopic (exact) mass is 528 g/mol. The predicted octanol–water partition coefficient (Wildman–Crippen LogP) is 9.72. The molecule has 0 amide bonds. The van der Waals surface area contributed by atoms with Gasteiger partial charge in [0.1, 0.15) is 17.3 Å². The van der Waals surface area contributed by atoms with Crippen molar-refractivity contribution < 1.29 is 18.7 Å². The molecule has 0 saturated heterocycles. The summed E-state index contributed by atoms with van der Waals surface area (Å²) in [5.74, 6) is 1.28. The number of ketones is 1. The summed E-state index contributed by atoms with van der Waals surface area (Å²) >= 11 is 0. The molecule has 0 radical (unpaired) electrons. The van der Waals surface area contributed by atoms with Gasteiger partial charge in [0, 0.05) is 5.56 Å². The van der Waals surface area contributed by atoms with E-state index >= 15 is 0 Å². The van der Waals surface area contributed by atoms with Gasteiger partial charge in [0.05, 0.1) is 13.2 Å². The summed E-state index contributed by atoms with van der Waals surface area (Å²) in [6.45, 7) is 5.28. The molecule has 0 aliphatic carbocycles. The van der Waals surface area contributed by atoms with Crippen molar-refractivity contribution in [2.24, 2.45) is 0 Å². The molecule has 0 atom stereocenters. The van der Waals surface area contributed by atoms with Gasteiger partial charge in [0.25, 0.3) is 0 Å². The van der Waals surface area contributed by atoms with E-state index in [1.165, 1.54) is 81.7 Å². The highest BCUT2D eigenvalue weighted by Crippen LogP contribution is 2.16. The zero-order chi connectivity index (χ0) is 27.5. The van der Waals surface area contributed by atoms with Gasteiger partial charge in [-0.2, -0.15) is 0 Å². The number of carbonyl (C=O) groups excluding carboxylic acids is 1. The number of allylic oxidation sites excluding steroid dienone is 1. The fourth-order valence-electron chi connectivity index (χ4n) is 4.26.